The fraction of sp³-hybridized carbons (Fsp3) is 0.680. The molecule has 0 aliphatic heterocycles. The molecule has 0 saturated carbocycles. The van der Waals surface area contributed by atoms with E-state index in [0.717, 1.165) is 57.8 Å². The van der Waals surface area contributed by atoms with E-state index in [1.54, 1.807) is 0 Å². The molecule has 350 valence electrons. The number of esters is 1. The molecule has 0 aromatic rings. The van der Waals surface area contributed by atoms with E-state index in [-0.39, 0.29) is 13.0 Å². The smallest absolute Gasteiger partial charge is 0.472 e. The van der Waals surface area contributed by atoms with Crippen molar-refractivity contribution in [3.8, 4) is 0 Å². The zero-order valence-electron chi connectivity index (χ0n) is 38.2. The molecular formula is C50H86NO9P. The van der Waals surface area contributed by atoms with Gasteiger partial charge >= 0.3 is 19.8 Å². The number of ether oxygens (including phenoxy) is 2. The van der Waals surface area contributed by atoms with Crippen molar-refractivity contribution in [2.24, 2.45) is 5.73 Å². The number of hydrogen-bond donors (Lipinski definition) is 3. The highest BCUT2D eigenvalue weighted by Gasteiger charge is 2.27. The third-order valence-electron chi connectivity index (χ3n) is 9.68. The van der Waals surface area contributed by atoms with E-state index in [4.69, 9.17) is 29.4 Å². The van der Waals surface area contributed by atoms with Gasteiger partial charge in [-0.3, -0.25) is 18.6 Å². The first kappa shape index (κ1) is 58.1. The summed E-state index contributed by atoms with van der Waals surface area (Å²) >= 11 is 0. The Kier molecular flexibility index (Phi) is 43.1. The van der Waals surface area contributed by atoms with Crippen LogP contribution in [-0.2, 0) is 32.7 Å². The Balaban J connectivity index is 4.26. The van der Waals surface area contributed by atoms with Crippen molar-refractivity contribution >= 4 is 19.8 Å². The van der Waals surface area contributed by atoms with Crippen LogP contribution < -0.4 is 5.73 Å². The van der Waals surface area contributed by atoms with Gasteiger partial charge in [0.05, 0.1) is 26.4 Å². The van der Waals surface area contributed by atoms with Crippen LogP contribution in [0.1, 0.15) is 181 Å². The number of carboxylic acid groups (broad SMARTS) is 1. The molecule has 0 spiro atoms. The number of carbonyl (C=O) groups excluding carboxylic acids is 1. The van der Waals surface area contributed by atoms with Gasteiger partial charge in [0.1, 0.15) is 12.1 Å². The van der Waals surface area contributed by atoms with E-state index in [1.165, 1.54) is 89.9 Å². The lowest BCUT2D eigenvalue weighted by Gasteiger charge is -2.20. The van der Waals surface area contributed by atoms with Crippen molar-refractivity contribution in [1.29, 1.82) is 0 Å². The van der Waals surface area contributed by atoms with Crippen LogP contribution in [0.3, 0.4) is 0 Å². The summed E-state index contributed by atoms with van der Waals surface area (Å²) in [4.78, 5) is 33.6. The van der Waals surface area contributed by atoms with Crippen molar-refractivity contribution < 1.29 is 42.7 Å². The van der Waals surface area contributed by atoms with Crippen LogP contribution in [0.15, 0.2) is 85.1 Å². The maximum absolute atomic E-state index is 12.7. The summed E-state index contributed by atoms with van der Waals surface area (Å²) in [7, 11) is -4.64. The summed E-state index contributed by atoms with van der Waals surface area (Å²) in [5, 5.41) is 8.91. The molecule has 0 aromatic heterocycles. The molecule has 0 heterocycles. The summed E-state index contributed by atoms with van der Waals surface area (Å²) < 4.78 is 33.3. The molecule has 0 radical (unpaired) electrons. The van der Waals surface area contributed by atoms with Crippen molar-refractivity contribution in [3.05, 3.63) is 85.1 Å². The lowest BCUT2D eigenvalue weighted by Crippen LogP contribution is -2.34. The molecule has 4 N–H and O–H groups in total. The summed E-state index contributed by atoms with van der Waals surface area (Å²) in [6.45, 7) is 3.53. The third-order valence-corrected chi connectivity index (χ3v) is 10.6. The Morgan fingerprint density at radius 2 is 0.951 bits per heavy atom. The minimum Gasteiger partial charge on any atom is -0.480 e. The number of carboxylic acids is 1. The molecule has 0 saturated heterocycles. The molecule has 3 atom stereocenters. The van der Waals surface area contributed by atoms with Crippen molar-refractivity contribution in [2.45, 2.75) is 193 Å². The number of rotatable bonds is 44. The van der Waals surface area contributed by atoms with Gasteiger partial charge in [0, 0.05) is 6.42 Å². The van der Waals surface area contributed by atoms with Gasteiger partial charge in [-0.2, -0.15) is 0 Å². The Bertz CT molecular complexity index is 1290. The maximum Gasteiger partial charge on any atom is 0.472 e. The third kappa shape index (κ3) is 45.0. The van der Waals surface area contributed by atoms with E-state index in [9.17, 15) is 19.0 Å². The number of carbonyl (C=O) groups is 2. The first-order valence-corrected chi connectivity index (χ1v) is 25.1. The minimum atomic E-state index is -4.64. The first-order valence-electron chi connectivity index (χ1n) is 23.6. The largest absolute Gasteiger partial charge is 0.480 e. The van der Waals surface area contributed by atoms with Gasteiger partial charge in [-0.25, -0.2) is 4.57 Å². The van der Waals surface area contributed by atoms with Crippen LogP contribution in [-0.4, -0.2) is 60.5 Å². The molecule has 61 heavy (non-hydrogen) atoms. The normalized spacial score (nSPS) is 14.6. The Hall–Kier alpha value is -2.85. The predicted molar refractivity (Wildman–Crippen MR) is 253 cm³/mol. The zero-order chi connectivity index (χ0) is 44.8. The van der Waals surface area contributed by atoms with Crippen LogP contribution >= 0.6 is 7.82 Å². The van der Waals surface area contributed by atoms with Gasteiger partial charge < -0.3 is 25.2 Å². The summed E-state index contributed by atoms with van der Waals surface area (Å²) in [6, 6.07) is -1.49. The second-order valence-electron chi connectivity index (χ2n) is 15.5. The number of hydrogen-bond acceptors (Lipinski definition) is 8. The number of aliphatic carboxylic acids is 1. The van der Waals surface area contributed by atoms with E-state index in [0.29, 0.717) is 19.4 Å². The Morgan fingerprint density at radius 1 is 0.541 bits per heavy atom. The van der Waals surface area contributed by atoms with Gasteiger partial charge in [0.25, 0.3) is 0 Å². The van der Waals surface area contributed by atoms with E-state index >= 15 is 0 Å². The van der Waals surface area contributed by atoms with Crippen LogP contribution in [0.5, 0.6) is 0 Å². The van der Waals surface area contributed by atoms with Crippen LogP contribution in [0.2, 0.25) is 0 Å². The van der Waals surface area contributed by atoms with E-state index in [2.05, 4.69) is 92.8 Å². The number of nitrogens with two attached hydrogens (primary N) is 1. The van der Waals surface area contributed by atoms with Gasteiger partial charge in [0.2, 0.25) is 0 Å². The maximum atomic E-state index is 12.7. The lowest BCUT2D eigenvalue weighted by atomic mass is 10.0. The van der Waals surface area contributed by atoms with Gasteiger partial charge in [-0.15, -0.1) is 0 Å². The molecule has 0 aliphatic rings. The Morgan fingerprint density at radius 3 is 1.43 bits per heavy atom. The highest BCUT2D eigenvalue weighted by molar-refractivity contribution is 7.47. The molecule has 0 rings (SSSR count). The standard InChI is InChI=1S/C50H86NO9P/c1-3-5-7-9-11-13-15-17-19-21-22-23-24-25-26-27-28-30-32-34-36-38-40-42-49(52)60-47(45-58-61(55,56)59-46-48(51)50(53)54)44-57-43-41-39-37-35-33-31-29-20-18-16-14-12-10-8-6-4-2/h6,8,12,14-15,17-18,20-22,31,33,37,39,47-48H,3-5,7,9-11,13,16,19,23-30,32,34-36,38,40-46,51H2,1-2H3,(H,53,54)(H,55,56)/b8-6-,14-12-,17-15-,20-18-,22-21-,33-31-,39-37-. The van der Waals surface area contributed by atoms with E-state index in [1.807, 2.05) is 6.08 Å². The average Bonchev–Trinajstić information content (AvgIpc) is 3.24. The van der Waals surface area contributed by atoms with Gasteiger partial charge in [0.15, 0.2) is 0 Å². The second-order valence-corrected chi connectivity index (χ2v) is 17.0. The van der Waals surface area contributed by atoms with Crippen molar-refractivity contribution in [3.63, 3.8) is 0 Å². The monoisotopic (exact) mass is 876 g/mol. The molecule has 0 fully saturated rings. The molecular weight excluding hydrogens is 790 g/mol. The quantitative estimate of drug-likeness (QED) is 0.0233. The average molecular weight is 876 g/mol. The van der Waals surface area contributed by atoms with E-state index < -0.39 is 45.1 Å². The van der Waals surface area contributed by atoms with Gasteiger partial charge in [-0.1, -0.05) is 182 Å². The molecule has 0 amide bonds. The number of phosphoric acid groups is 1. The van der Waals surface area contributed by atoms with Crippen molar-refractivity contribution in [2.75, 3.05) is 26.4 Å². The SMILES string of the molecule is CC/C=C\C/C=C\C/C=C\C/C=C\C/C=C\CCOCC(COP(=O)(O)OCC(N)C(=O)O)OC(=O)CCCCCCCCCCCCC/C=C\C/C=C\CCCCCCC. The summed E-state index contributed by atoms with van der Waals surface area (Å²) in [5.74, 6) is -1.82. The molecule has 10 nitrogen and oxygen atoms in total. The fourth-order valence-electron chi connectivity index (χ4n) is 6.05. The highest BCUT2D eigenvalue weighted by atomic mass is 31.2. The van der Waals surface area contributed by atoms with Gasteiger partial charge in [-0.05, 0) is 77.0 Å². The highest BCUT2D eigenvalue weighted by Crippen LogP contribution is 2.43. The lowest BCUT2D eigenvalue weighted by molar-refractivity contribution is -0.154. The predicted octanol–water partition coefficient (Wildman–Crippen LogP) is 13.5. The van der Waals surface area contributed by atoms with Crippen LogP contribution in [0, 0.1) is 0 Å². The minimum absolute atomic E-state index is 0.0423. The number of allylic oxidation sites excluding steroid dienone is 13. The van der Waals surface area contributed by atoms with Crippen molar-refractivity contribution in [1.82, 2.24) is 0 Å². The Labute approximate surface area is 371 Å². The zero-order valence-corrected chi connectivity index (χ0v) is 39.1. The summed E-state index contributed by atoms with van der Waals surface area (Å²) in [6.07, 6.45) is 58.1. The number of phosphoric ester groups is 1. The molecule has 3 unspecified atom stereocenters. The molecule has 0 aromatic carbocycles. The molecule has 0 aliphatic carbocycles. The molecule has 11 heteroatoms. The van der Waals surface area contributed by atoms with Crippen LogP contribution in [0.25, 0.3) is 0 Å². The molecule has 0 bridgehead atoms. The second kappa shape index (κ2) is 45.2. The number of unbranched alkanes of at least 4 members (excludes halogenated alkanes) is 16. The fourth-order valence-corrected chi connectivity index (χ4v) is 6.83. The summed E-state index contributed by atoms with van der Waals surface area (Å²) in [5.41, 5.74) is 5.36. The van der Waals surface area contributed by atoms with Crippen LogP contribution in [0.4, 0.5) is 0 Å². The topological polar surface area (TPSA) is 155 Å². The first-order chi connectivity index (χ1) is 29.7.